The molecule has 7 heteroatoms. The van der Waals surface area contributed by atoms with Crippen LogP contribution in [0.1, 0.15) is 25.3 Å². The summed E-state index contributed by atoms with van der Waals surface area (Å²) in [4.78, 5) is 6.79. The molecule has 1 heterocycles. The summed E-state index contributed by atoms with van der Waals surface area (Å²) in [6.45, 7) is 7.15. The van der Waals surface area contributed by atoms with Crippen molar-refractivity contribution >= 4 is 29.9 Å². The summed E-state index contributed by atoms with van der Waals surface area (Å²) in [5.74, 6) is 3.35. The Hall–Kier alpha value is -1.22. The summed E-state index contributed by atoms with van der Waals surface area (Å²) in [7, 11) is 2.04. The van der Waals surface area contributed by atoms with Gasteiger partial charge in [0.25, 0.3) is 0 Å². The average Bonchev–Trinajstić information content (AvgIpc) is 3.44. The van der Waals surface area contributed by atoms with E-state index in [0.29, 0.717) is 26.4 Å². The standard InChI is InChI=1S/C19H29N3O3.HI/c1-3-20-19(21-8-9-23-14-15-4-5-15)22(2)13-16-6-7-17-18(12-16)25-11-10-24-17;/h6-7,12,15H,3-5,8-11,13-14H2,1-2H3,(H,20,21);1H. The summed E-state index contributed by atoms with van der Waals surface area (Å²) >= 11 is 0. The first-order valence-electron chi connectivity index (χ1n) is 9.22. The van der Waals surface area contributed by atoms with E-state index in [0.717, 1.165) is 43.1 Å². The zero-order chi connectivity index (χ0) is 17.5. The van der Waals surface area contributed by atoms with Crippen molar-refractivity contribution in [2.24, 2.45) is 10.9 Å². The Balaban J connectivity index is 0.00000243. The van der Waals surface area contributed by atoms with Gasteiger partial charge in [0.2, 0.25) is 0 Å². The van der Waals surface area contributed by atoms with Crippen LogP contribution in [0.25, 0.3) is 0 Å². The van der Waals surface area contributed by atoms with E-state index >= 15 is 0 Å². The number of nitrogens with zero attached hydrogens (tertiary/aromatic N) is 2. The highest BCUT2D eigenvalue weighted by atomic mass is 127. The smallest absolute Gasteiger partial charge is 0.194 e. The SMILES string of the molecule is CCNC(=NCCOCC1CC1)N(C)Cc1ccc2c(c1)OCCO2.I. The fourth-order valence-electron chi connectivity index (χ4n) is 2.76. The molecule has 1 aromatic carbocycles. The van der Waals surface area contributed by atoms with E-state index < -0.39 is 0 Å². The molecular weight excluding hydrogens is 445 g/mol. The number of hydrogen-bond acceptors (Lipinski definition) is 4. The predicted octanol–water partition coefficient (Wildman–Crippen LogP) is 2.90. The minimum absolute atomic E-state index is 0. The lowest BCUT2D eigenvalue weighted by Crippen LogP contribution is -2.38. The van der Waals surface area contributed by atoms with E-state index in [1.165, 1.54) is 18.4 Å². The molecule has 0 spiro atoms. The maximum absolute atomic E-state index is 5.66. The minimum atomic E-state index is 0. The highest BCUT2D eigenvalue weighted by Gasteiger charge is 2.20. The fourth-order valence-corrected chi connectivity index (χ4v) is 2.76. The molecule has 1 aromatic rings. The van der Waals surface area contributed by atoms with Crippen LogP contribution in [0.4, 0.5) is 0 Å². The van der Waals surface area contributed by atoms with Crippen molar-refractivity contribution < 1.29 is 14.2 Å². The molecule has 1 aliphatic heterocycles. The van der Waals surface area contributed by atoms with Gasteiger partial charge in [-0.2, -0.15) is 0 Å². The molecule has 0 saturated heterocycles. The zero-order valence-corrected chi connectivity index (χ0v) is 18.0. The molecule has 0 amide bonds. The normalized spacial score (nSPS) is 16.0. The third-order valence-corrected chi connectivity index (χ3v) is 4.27. The quantitative estimate of drug-likeness (QED) is 0.271. The Morgan fingerprint density at radius 1 is 1.27 bits per heavy atom. The number of aliphatic imine (C=N–C) groups is 1. The van der Waals surface area contributed by atoms with E-state index in [1.807, 2.05) is 19.2 Å². The Labute approximate surface area is 173 Å². The van der Waals surface area contributed by atoms with Gasteiger partial charge in [-0.1, -0.05) is 6.07 Å². The summed E-state index contributed by atoms with van der Waals surface area (Å²) in [5.41, 5.74) is 1.17. The van der Waals surface area contributed by atoms with Crippen LogP contribution in [0.2, 0.25) is 0 Å². The van der Waals surface area contributed by atoms with Crippen molar-refractivity contribution in [2.45, 2.75) is 26.3 Å². The van der Waals surface area contributed by atoms with Crippen LogP contribution in [0.3, 0.4) is 0 Å². The molecule has 2 aliphatic rings. The third-order valence-electron chi connectivity index (χ3n) is 4.27. The highest BCUT2D eigenvalue weighted by molar-refractivity contribution is 14.0. The van der Waals surface area contributed by atoms with Crippen LogP contribution in [-0.4, -0.2) is 57.4 Å². The number of hydrogen-bond donors (Lipinski definition) is 1. The molecule has 1 fully saturated rings. The zero-order valence-electron chi connectivity index (χ0n) is 15.7. The van der Waals surface area contributed by atoms with Crippen LogP contribution in [0.15, 0.2) is 23.2 Å². The molecule has 6 nitrogen and oxygen atoms in total. The summed E-state index contributed by atoms with van der Waals surface area (Å²) < 4.78 is 16.9. The topological polar surface area (TPSA) is 55.3 Å². The van der Waals surface area contributed by atoms with Gasteiger partial charge in [0, 0.05) is 26.7 Å². The Bertz CT molecular complexity index is 593. The molecule has 0 atom stereocenters. The monoisotopic (exact) mass is 475 g/mol. The first-order chi connectivity index (χ1) is 12.3. The van der Waals surface area contributed by atoms with Crippen molar-refractivity contribution in [1.29, 1.82) is 0 Å². The van der Waals surface area contributed by atoms with Crippen LogP contribution in [0, 0.1) is 5.92 Å². The van der Waals surface area contributed by atoms with E-state index in [9.17, 15) is 0 Å². The van der Waals surface area contributed by atoms with Crippen LogP contribution < -0.4 is 14.8 Å². The number of ether oxygens (including phenoxy) is 3. The van der Waals surface area contributed by atoms with E-state index in [4.69, 9.17) is 14.2 Å². The number of rotatable bonds is 8. The molecule has 3 rings (SSSR count). The van der Waals surface area contributed by atoms with Gasteiger partial charge in [0.1, 0.15) is 13.2 Å². The molecule has 0 bridgehead atoms. The molecule has 1 saturated carbocycles. The van der Waals surface area contributed by atoms with Gasteiger partial charge in [-0.25, -0.2) is 0 Å². The van der Waals surface area contributed by atoms with E-state index in [2.05, 4.69) is 28.2 Å². The van der Waals surface area contributed by atoms with Gasteiger partial charge in [0.15, 0.2) is 17.5 Å². The molecule has 1 aliphatic carbocycles. The van der Waals surface area contributed by atoms with Gasteiger partial charge in [-0.15, -0.1) is 24.0 Å². The highest BCUT2D eigenvalue weighted by Crippen LogP contribution is 2.31. The molecule has 0 aromatic heterocycles. The van der Waals surface area contributed by atoms with Crippen LogP contribution in [-0.2, 0) is 11.3 Å². The number of fused-ring (bicyclic) bond motifs is 1. The summed E-state index contributed by atoms with van der Waals surface area (Å²) in [6, 6.07) is 6.10. The lowest BCUT2D eigenvalue weighted by Gasteiger charge is -2.24. The van der Waals surface area contributed by atoms with Gasteiger partial charge >= 0.3 is 0 Å². The van der Waals surface area contributed by atoms with Crippen LogP contribution >= 0.6 is 24.0 Å². The van der Waals surface area contributed by atoms with Crippen molar-refractivity contribution in [3.8, 4) is 11.5 Å². The van der Waals surface area contributed by atoms with E-state index in [-0.39, 0.29) is 24.0 Å². The average molecular weight is 475 g/mol. The fraction of sp³-hybridized carbons (Fsp3) is 0.632. The van der Waals surface area contributed by atoms with Crippen molar-refractivity contribution in [1.82, 2.24) is 10.2 Å². The van der Waals surface area contributed by atoms with Crippen molar-refractivity contribution in [3.63, 3.8) is 0 Å². The molecule has 0 radical (unpaired) electrons. The predicted molar refractivity (Wildman–Crippen MR) is 114 cm³/mol. The molecule has 1 N–H and O–H groups in total. The number of halogens is 1. The maximum atomic E-state index is 5.66. The first-order valence-corrected chi connectivity index (χ1v) is 9.22. The molecular formula is C19H30IN3O3. The number of benzene rings is 1. The third kappa shape index (κ3) is 6.50. The van der Waals surface area contributed by atoms with Crippen molar-refractivity contribution in [3.05, 3.63) is 23.8 Å². The summed E-state index contributed by atoms with van der Waals surface area (Å²) in [6.07, 6.45) is 2.65. The lowest BCUT2D eigenvalue weighted by atomic mass is 10.2. The van der Waals surface area contributed by atoms with Crippen molar-refractivity contribution in [2.75, 3.05) is 46.6 Å². The second kappa shape index (κ2) is 10.8. The van der Waals surface area contributed by atoms with Gasteiger partial charge in [0.05, 0.1) is 13.2 Å². The molecule has 146 valence electrons. The first kappa shape index (κ1) is 21.1. The van der Waals surface area contributed by atoms with Gasteiger partial charge < -0.3 is 24.4 Å². The Kier molecular flexibility index (Phi) is 8.77. The largest absolute Gasteiger partial charge is 0.486 e. The summed E-state index contributed by atoms with van der Waals surface area (Å²) in [5, 5.41) is 3.34. The second-order valence-corrected chi connectivity index (χ2v) is 6.59. The van der Waals surface area contributed by atoms with Gasteiger partial charge in [-0.3, -0.25) is 4.99 Å². The van der Waals surface area contributed by atoms with E-state index in [1.54, 1.807) is 0 Å². The second-order valence-electron chi connectivity index (χ2n) is 6.59. The Morgan fingerprint density at radius 3 is 2.77 bits per heavy atom. The molecule has 0 unspecified atom stereocenters. The number of nitrogens with one attached hydrogen (secondary N) is 1. The molecule has 26 heavy (non-hydrogen) atoms. The maximum Gasteiger partial charge on any atom is 0.194 e. The van der Waals surface area contributed by atoms with Gasteiger partial charge in [-0.05, 0) is 43.4 Å². The Morgan fingerprint density at radius 2 is 2.04 bits per heavy atom. The minimum Gasteiger partial charge on any atom is -0.486 e. The number of guanidine groups is 1. The van der Waals surface area contributed by atoms with Crippen LogP contribution in [0.5, 0.6) is 11.5 Å². The lowest BCUT2D eigenvalue weighted by molar-refractivity contribution is 0.131.